The van der Waals surface area contributed by atoms with E-state index in [-0.39, 0.29) is 6.04 Å². The zero-order valence-corrected chi connectivity index (χ0v) is 16.3. The van der Waals surface area contributed by atoms with Crippen molar-refractivity contribution >= 4 is 11.7 Å². The Bertz CT molecular complexity index is 1100. The predicted molar refractivity (Wildman–Crippen MR) is 102 cm³/mol. The number of rotatable bonds is 4. The molecular formula is C19H19F2N5O3. The molecule has 0 aliphatic rings. The molecule has 10 heteroatoms. The van der Waals surface area contributed by atoms with E-state index in [0.29, 0.717) is 20.8 Å². The van der Waals surface area contributed by atoms with Crippen LogP contribution >= 0.6 is 0 Å². The lowest BCUT2D eigenvalue weighted by Crippen LogP contribution is -2.44. The second kappa shape index (κ2) is 7.82. The van der Waals surface area contributed by atoms with Crippen molar-refractivity contribution in [3.63, 3.8) is 0 Å². The Morgan fingerprint density at radius 3 is 2.38 bits per heavy atom. The molecule has 0 saturated heterocycles. The average Bonchev–Trinajstić information content (AvgIpc) is 3.04. The van der Waals surface area contributed by atoms with E-state index in [1.807, 2.05) is 6.92 Å². The number of hydrogen-bond donors (Lipinski definition) is 0. The van der Waals surface area contributed by atoms with Gasteiger partial charge in [0.15, 0.2) is 11.6 Å². The van der Waals surface area contributed by atoms with Crippen LogP contribution in [0.5, 0.6) is 5.75 Å². The van der Waals surface area contributed by atoms with E-state index >= 15 is 0 Å². The lowest BCUT2D eigenvalue weighted by molar-refractivity contribution is 0.242. The van der Waals surface area contributed by atoms with E-state index in [0.717, 1.165) is 23.8 Å². The fraction of sp³-hybridized carbons (Fsp3) is 0.263. The summed E-state index contributed by atoms with van der Waals surface area (Å²) in [5, 5.41) is 7.00. The van der Waals surface area contributed by atoms with Crippen molar-refractivity contribution in [2.45, 2.75) is 26.8 Å². The van der Waals surface area contributed by atoms with Crippen molar-refractivity contribution in [2.75, 3.05) is 12.0 Å². The molecule has 1 amide bonds. The first-order valence-corrected chi connectivity index (χ1v) is 8.74. The van der Waals surface area contributed by atoms with E-state index in [1.165, 1.54) is 12.0 Å². The van der Waals surface area contributed by atoms with E-state index in [4.69, 9.17) is 4.74 Å². The van der Waals surface area contributed by atoms with Gasteiger partial charge >= 0.3 is 11.7 Å². The van der Waals surface area contributed by atoms with Crippen LogP contribution in [0.25, 0.3) is 5.69 Å². The van der Waals surface area contributed by atoms with Crippen LogP contribution in [0, 0.1) is 18.6 Å². The number of aromatic nitrogens is 4. The van der Waals surface area contributed by atoms with Crippen molar-refractivity contribution < 1.29 is 18.3 Å². The predicted octanol–water partition coefficient (Wildman–Crippen LogP) is 2.91. The number of tetrazole rings is 1. The maximum atomic E-state index is 14.0. The van der Waals surface area contributed by atoms with Gasteiger partial charge in [0.2, 0.25) is 0 Å². The summed E-state index contributed by atoms with van der Waals surface area (Å²) in [6, 6.07) is 7.04. The first kappa shape index (κ1) is 20.2. The summed E-state index contributed by atoms with van der Waals surface area (Å²) in [4.78, 5) is 27.0. The van der Waals surface area contributed by atoms with Gasteiger partial charge in [-0.25, -0.2) is 18.4 Å². The van der Waals surface area contributed by atoms with Gasteiger partial charge in [0, 0.05) is 17.8 Å². The summed E-state index contributed by atoms with van der Waals surface area (Å²) in [6.45, 7) is 5.34. The van der Waals surface area contributed by atoms with Crippen LogP contribution in [0.2, 0.25) is 0 Å². The Morgan fingerprint density at radius 2 is 1.79 bits per heavy atom. The van der Waals surface area contributed by atoms with Crippen LogP contribution < -0.4 is 15.3 Å². The van der Waals surface area contributed by atoms with Gasteiger partial charge in [-0.1, -0.05) is 12.1 Å². The molecule has 0 spiro atoms. The molecule has 1 aromatic heterocycles. The Morgan fingerprint density at radius 1 is 1.14 bits per heavy atom. The molecule has 0 fully saturated rings. The zero-order chi connectivity index (χ0) is 21.3. The van der Waals surface area contributed by atoms with Crippen LogP contribution in [0.3, 0.4) is 0 Å². The number of carbonyl (C=O) groups excluding carboxylic acids is 1. The molecule has 29 heavy (non-hydrogen) atoms. The molecule has 0 unspecified atom stereocenters. The number of methoxy groups -OCH3 is 1. The van der Waals surface area contributed by atoms with Gasteiger partial charge in [-0.15, -0.1) is 4.68 Å². The molecule has 0 atom stereocenters. The third-order valence-corrected chi connectivity index (χ3v) is 4.30. The molecule has 0 N–H and O–H groups in total. The van der Waals surface area contributed by atoms with Gasteiger partial charge in [-0.05, 0) is 55.0 Å². The molecule has 0 aliphatic heterocycles. The van der Waals surface area contributed by atoms with Gasteiger partial charge in [-0.3, -0.25) is 4.90 Å². The number of aryl methyl sites for hydroxylation is 1. The fourth-order valence-corrected chi connectivity index (χ4v) is 2.89. The maximum Gasteiger partial charge on any atom is 0.377 e. The van der Waals surface area contributed by atoms with Crippen molar-refractivity contribution in [1.82, 2.24) is 19.8 Å². The van der Waals surface area contributed by atoms with Crippen molar-refractivity contribution in [1.29, 1.82) is 0 Å². The third-order valence-electron chi connectivity index (χ3n) is 4.30. The normalized spacial score (nSPS) is 11.0. The quantitative estimate of drug-likeness (QED) is 0.626. The Balaban J connectivity index is 2.07. The van der Waals surface area contributed by atoms with Crippen LogP contribution in [-0.2, 0) is 0 Å². The highest BCUT2D eigenvalue weighted by molar-refractivity contribution is 5.93. The number of anilines is 1. The summed E-state index contributed by atoms with van der Waals surface area (Å²) < 4.78 is 34.2. The number of para-hydroxylation sites is 1. The highest BCUT2D eigenvalue weighted by atomic mass is 19.1. The molecule has 0 radical (unpaired) electrons. The van der Waals surface area contributed by atoms with Gasteiger partial charge in [0.1, 0.15) is 11.4 Å². The maximum absolute atomic E-state index is 14.0. The van der Waals surface area contributed by atoms with Crippen molar-refractivity contribution in [2.24, 2.45) is 0 Å². The lowest BCUT2D eigenvalue weighted by atomic mass is 10.1. The first-order chi connectivity index (χ1) is 13.8. The minimum atomic E-state index is -1.09. The van der Waals surface area contributed by atoms with Gasteiger partial charge in [-0.2, -0.15) is 4.68 Å². The molecule has 3 rings (SSSR count). The van der Waals surface area contributed by atoms with Gasteiger partial charge < -0.3 is 4.74 Å². The number of carbonyl (C=O) groups is 1. The molecule has 3 aromatic rings. The summed E-state index contributed by atoms with van der Waals surface area (Å²) in [5.41, 5.74) is -0.468. The second-order valence-electron chi connectivity index (χ2n) is 6.56. The number of benzene rings is 2. The van der Waals surface area contributed by atoms with E-state index < -0.39 is 29.0 Å². The second-order valence-corrected chi connectivity index (χ2v) is 6.56. The minimum absolute atomic E-state index is 0.364. The standard InChI is InChI=1S/C19H19F2N5O3/c1-11(2)24(13-9-8-12(3)16(10-13)29-4)18(27)26-19(28)25(22-23-26)17-14(20)6-5-7-15(17)21/h5-11H,1-4H3. The zero-order valence-electron chi connectivity index (χ0n) is 16.3. The van der Waals surface area contributed by atoms with Crippen LogP contribution in [0.1, 0.15) is 19.4 Å². The van der Waals surface area contributed by atoms with E-state index in [9.17, 15) is 18.4 Å². The summed E-state index contributed by atoms with van der Waals surface area (Å²) in [7, 11) is 1.51. The highest BCUT2D eigenvalue weighted by Gasteiger charge is 2.27. The number of amides is 1. The van der Waals surface area contributed by atoms with E-state index in [2.05, 4.69) is 10.4 Å². The molecule has 0 bridgehead atoms. The lowest BCUT2D eigenvalue weighted by Gasteiger charge is -2.26. The Kier molecular flexibility index (Phi) is 5.44. The molecule has 1 heterocycles. The Hall–Kier alpha value is -3.56. The Labute approximate surface area is 164 Å². The molecule has 0 aliphatic carbocycles. The highest BCUT2D eigenvalue weighted by Crippen LogP contribution is 2.26. The summed E-state index contributed by atoms with van der Waals surface area (Å²) in [6.07, 6.45) is 0. The molecule has 2 aromatic carbocycles. The summed E-state index contributed by atoms with van der Waals surface area (Å²) >= 11 is 0. The van der Waals surface area contributed by atoms with Crippen LogP contribution in [0.4, 0.5) is 19.3 Å². The third kappa shape index (κ3) is 3.60. The van der Waals surface area contributed by atoms with Crippen molar-refractivity contribution in [3.8, 4) is 11.4 Å². The molecule has 8 nitrogen and oxygen atoms in total. The smallest absolute Gasteiger partial charge is 0.377 e. The molecular weight excluding hydrogens is 384 g/mol. The first-order valence-electron chi connectivity index (χ1n) is 8.74. The minimum Gasteiger partial charge on any atom is -0.496 e. The van der Waals surface area contributed by atoms with Crippen LogP contribution in [0.15, 0.2) is 41.2 Å². The van der Waals surface area contributed by atoms with Gasteiger partial charge in [0.05, 0.1) is 7.11 Å². The van der Waals surface area contributed by atoms with Gasteiger partial charge in [0.25, 0.3) is 0 Å². The molecule has 0 saturated carbocycles. The SMILES string of the molecule is COc1cc(N(C(=O)n2nnn(-c3c(F)cccc3F)c2=O)C(C)C)ccc1C. The monoisotopic (exact) mass is 403 g/mol. The topological polar surface area (TPSA) is 82.2 Å². The summed E-state index contributed by atoms with van der Waals surface area (Å²) in [5.74, 6) is -1.45. The fourth-order valence-electron chi connectivity index (χ4n) is 2.89. The average molecular weight is 403 g/mol. The number of nitrogens with zero attached hydrogens (tertiary/aromatic N) is 5. The number of halogens is 2. The largest absolute Gasteiger partial charge is 0.496 e. The van der Waals surface area contributed by atoms with E-state index in [1.54, 1.807) is 32.0 Å². The number of ether oxygens (including phenoxy) is 1. The number of hydrogen-bond acceptors (Lipinski definition) is 5. The van der Waals surface area contributed by atoms with Crippen LogP contribution in [-0.4, -0.2) is 39.0 Å². The van der Waals surface area contributed by atoms with Crippen molar-refractivity contribution in [3.05, 3.63) is 64.1 Å². The molecule has 152 valence electrons.